The van der Waals surface area contributed by atoms with Crippen molar-refractivity contribution in [1.82, 2.24) is 10.2 Å². The van der Waals surface area contributed by atoms with Crippen LogP contribution in [0.3, 0.4) is 0 Å². The topological polar surface area (TPSA) is 139 Å². The number of hydrogen-bond donors (Lipinski definition) is 1. The van der Waals surface area contributed by atoms with Gasteiger partial charge in [-0.15, -0.1) is 0 Å². The van der Waals surface area contributed by atoms with Gasteiger partial charge in [-0.05, 0) is 44.4 Å². The summed E-state index contributed by atoms with van der Waals surface area (Å²) in [4.78, 5) is 38.9. The maximum absolute atomic E-state index is 13.8. The molecule has 12 heteroatoms. The molecule has 2 rings (SSSR count). The third-order valence-electron chi connectivity index (χ3n) is 5.74. The van der Waals surface area contributed by atoms with Gasteiger partial charge >= 0.3 is 0 Å². The molecule has 202 valence electrons. The van der Waals surface area contributed by atoms with Gasteiger partial charge in [0.05, 0.1) is 18.3 Å². The summed E-state index contributed by atoms with van der Waals surface area (Å²) in [5.74, 6) is -0.967. The summed E-state index contributed by atoms with van der Waals surface area (Å²) in [5, 5.41) is 14.2. The zero-order chi connectivity index (χ0) is 27.9. The van der Waals surface area contributed by atoms with Crippen LogP contribution in [0.5, 0.6) is 5.75 Å². The first-order chi connectivity index (χ1) is 17.3. The zero-order valence-electron chi connectivity index (χ0n) is 21.9. The molecule has 1 atom stereocenters. The van der Waals surface area contributed by atoms with Gasteiger partial charge < -0.3 is 15.0 Å². The number of amides is 2. The fourth-order valence-corrected chi connectivity index (χ4v) is 4.70. The number of rotatable bonds is 12. The maximum atomic E-state index is 13.8. The average molecular weight is 535 g/mol. The molecule has 37 heavy (non-hydrogen) atoms. The average Bonchev–Trinajstić information content (AvgIpc) is 2.81. The summed E-state index contributed by atoms with van der Waals surface area (Å²) >= 11 is 0. The molecule has 0 fully saturated rings. The number of nitrogens with zero attached hydrogens (tertiary/aromatic N) is 3. The minimum atomic E-state index is -4.09. The van der Waals surface area contributed by atoms with Crippen molar-refractivity contribution in [2.45, 2.75) is 52.7 Å². The second kappa shape index (κ2) is 12.5. The summed E-state index contributed by atoms with van der Waals surface area (Å²) in [5.41, 5.74) is 1.18. The van der Waals surface area contributed by atoms with Gasteiger partial charge in [0.2, 0.25) is 21.8 Å². The van der Waals surface area contributed by atoms with E-state index in [1.165, 1.54) is 24.1 Å². The van der Waals surface area contributed by atoms with E-state index in [2.05, 4.69) is 5.32 Å². The Balaban J connectivity index is 2.58. The summed E-state index contributed by atoms with van der Waals surface area (Å²) in [7, 11) is -2.80. The van der Waals surface area contributed by atoms with Gasteiger partial charge in [-0.3, -0.25) is 24.0 Å². The van der Waals surface area contributed by atoms with Crippen molar-refractivity contribution < 1.29 is 27.7 Å². The molecule has 0 radical (unpaired) electrons. The van der Waals surface area contributed by atoms with Crippen LogP contribution in [0, 0.1) is 17.0 Å². The standard InChI is InChI=1S/C25H34N4O7S/c1-7-21(25(31)26-17(2)3)27(15-19-11-9-8-10-18(19)4)24(30)16-28(37(6,34)35)22-14-20(29(32)33)12-13-23(22)36-5/h8-14,17,21H,7,15-16H2,1-6H3,(H,26,31)/t21-/m1/s1. The molecule has 0 aromatic heterocycles. The Morgan fingerprint density at radius 1 is 1.16 bits per heavy atom. The fraction of sp³-hybridized carbons (Fsp3) is 0.440. The Bertz CT molecular complexity index is 1250. The predicted molar refractivity (Wildman–Crippen MR) is 141 cm³/mol. The molecule has 0 spiro atoms. The lowest BCUT2D eigenvalue weighted by Crippen LogP contribution is -2.53. The van der Waals surface area contributed by atoms with Crippen molar-refractivity contribution in [3.8, 4) is 5.75 Å². The number of nitro groups is 1. The largest absolute Gasteiger partial charge is 0.495 e. The van der Waals surface area contributed by atoms with E-state index in [0.29, 0.717) is 0 Å². The molecule has 0 bridgehead atoms. The fourth-order valence-electron chi connectivity index (χ4n) is 3.85. The molecule has 0 unspecified atom stereocenters. The van der Waals surface area contributed by atoms with Gasteiger partial charge in [0.25, 0.3) is 5.69 Å². The van der Waals surface area contributed by atoms with Crippen LogP contribution in [-0.4, -0.2) is 62.0 Å². The number of sulfonamides is 1. The molecule has 0 aliphatic carbocycles. The number of anilines is 1. The molecule has 0 heterocycles. The Hall–Kier alpha value is -3.67. The van der Waals surface area contributed by atoms with Gasteiger partial charge in [-0.2, -0.15) is 0 Å². The molecule has 2 aromatic rings. The quantitative estimate of drug-likeness (QED) is 0.326. The Kier molecular flexibility index (Phi) is 10.0. The van der Waals surface area contributed by atoms with Gasteiger partial charge in [0.1, 0.15) is 24.0 Å². The molecule has 0 aliphatic heterocycles. The number of methoxy groups -OCH3 is 1. The normalized spacial score (nSPS) is 12.1. The van der Waals surface area contributed by atoms with Crippen molar-refractivity contribution in [2.75, 3.05) is 24.2 Å². The minimum absolute atomic E-state index is 0.0406. The molecule has 0 aliphatic rings. The SMILES string of the molecule is CC[C@H](C(=O)NC(C)C)N(Cc1ccccc1C)C(=O)CN(c1cc([N+](=O)[O-])ccc1OC)S(C)(=O)=O. The van der Waals surface area contributed by atoms with Crippen LogP contribution in [0.15, 0.2) is 42.5 Å². The van der Waals surface area contributed by atoms with Crippen LogP contribution in [0.25, 0.3) is 0 Å². The van der Waals surface area contributed by atoms with Gasteiger partial charge in [0.15, 0.2) is 0 Å². The van der Waals surface area contributed by atoms with Crippen LogP contribution in [-0.2, 0) is 26.2 Å². The first-order valence-electron chi connectivity index (χ1n) is 11.7. The number of carbonyl (C=O) groups is 2. The first-order valence-corrected chi connectivity index (χ1v) is 13.6. The van der Waals surface area contributed by atoms with E-state index >= 15 is 0 Å². The van der Waals surface area contributed by atoms with E-state index in [1.54, 1.807) is 20.8 Å². The smallest absolute Gasteiger partial charge is 0.271 e. The summed E-state index contributed by atoms with van der Waals surface area (Å²) in [6.45, 7) is 6.63. The molecular weight excluding hydrogens is 500 g/mol. The summed E-state index contributed by atoms with van der Waals surface area (Å²) in [6, 6.07) is 9.84. The zero-order valence-corrected chi connectivity index (χ0v) is 22.7. The monoisotopic (exact) mass is 534 g/mol. The first kappa shape index (κ1) is 29.6. The molecule has 0 saturated heterocycles. The minimum Gasteiger partial charge on any atom is -0.495 e. The van der Waals surface area contributed by atoms with Crippen molar-refractivity contribution in [3.05, 3.63) is 63.7 Å². The second-order valence-electron chi connectivity index (χ2n) is 8.92. The third-order valence-corrected chi connectivity index (χ3v) is 6.87. The van der Waals surface area contributed by atoms with E-state index in [9.17, 15) is 28.1 Å². The van der Waals surface area contributed by atoms with Crippen LogP contribution in [0.1, 0.15) is 38.3 Å². The highest BCUT2D eigenvalue weighted by atomic mass is 32.2. The van der Waals surface area contributed by atoms with E-state index in [4.69, 9.17) is 4.74 Å². The van der Waals surface area contributed by atoms with Gasteiger partial charge in [-0.25, -0.2) is 8.42 Å². The molecular formula is C25H34N4O7S. The van der Waals surface area contributed by atoms with Gasteiger partial charge in [-0.1, -0.05) is 31.2 Å². The Morgan fingerprint density at radius 3 is 2.32 bits per heavy atom. The number of hydrogen-bond acceptors (Lipinski definition) is 7. The highest BCUT2D eigenvalue weighted by Crippen LogP contribution is 2.34. The molecule has 1 N–H and O–H groups in total. The van der Waals surface area contributed by atoms with Crippen LogP contribution in [0.4, 0.5) is 11.4 Å². The lowest BCUT2D eigenvalue weighted by atomic mass is 10.1. The summed E-state index contributed by atoms with van der Waals surface area (Å²) < 4.78 is 31.6. The van der Waals surface area contributed by atoms with Gasteiger partial charge in [0, 0.05) is 24.7 Å². The molecule has 2 aromatic carbocycles. The lowest BCUT2D eigenvalue weighted by Gasteiger charge is -2.33. The highest BCUT2D eigenvalue weighted by molar-refractivity contribution is 7.92. The van der Waals surface area contributed by atoms with Crippen molar-refractivity contribution in [2.24, 2.45) is 0 Å². The van der Waals surface area contributed by atoms with Crippen molar-refractivity contribution in [1.29, 1.82) is 0 Å². The lowest BCUT2D eigenvalue weighted by molar-refractivity contribution is -0.384. The summed E-state index contributed by atoms with van der Waals surface area (Å²) in [6.07, 6.45) is 1.18. The van der Waals surface area contributed by atoms with E-state index in [0.717, 1.165) is 27.8 Å². The van der Waals surface area contributed by atoms with Crippen molar-refractivity contribution in [3.63, 3.8) is 0 Å². The van der Waals surface area contributed by atoms with Crippen LogP contribution in [0.2, 0.25) is 0 Å². The number of carbonyl (C=O) groups excluding carboxylic acids is 2. The number of nitro benzene ring substituents is 1. The molecule has 0 saturated carbocycles. The molecule has 2 amide bonds. The highest BCUT2D eigenvalue weighted by Gasteiger charge is 2.33. The number of benzene rings is 2. The number of nitrogens with one attached hydrogen (secondary N) is 1. The van der Waals surface area contributed by atoms with Crippen molar-refractivity contribution >= 4 is 33.2 Å². The maximum Gasteiger partial charge on any atom is 0.271 e. The van der Waals surface area contributed by atoms with E-state index in [-0.39, 0.29) is 42.0 Å². The number of non-ortho nitro benzene ring substituents is 1. The number of aryl methyl sites for hydroxylation is 1. The van der Waals surface area contributed by atoms with Crippen LogP contribution < -0.4 is 14.4 Å². The Labute approximate surface area is 217 Å². The molecule has 11 nitrogen and oxygen atoms in total. The Morgan fingerprint density at radius 2 is 1.81 bits per heavy atom. The van der Waals surface area contributed by atoms with Crippen LogP contribution >= 0.6 is 0 Å². The third kappa shape index (κ3) is 7.66. The van der Waals surface area contributed by atoms with E-state index < -0.39 is 33.4 Å². The number of ether oxygens (including phenoxy) is 1. The predicted octanol–water partition coefficient (Wildman–Crippen LogP) is 3.01. The van der Waals surface area contributed by atoms with E-state index in [1.807, 2.05) is 31.2 Å². The second-order valence-corrected chi connectivity index (χ2v) is 10.8.